The van der Waals surface area contributed by atoms with Gasteiger partial charge in [0.2, 0.25) is 0 Å². The van der Waals surface area contributed by atoms with Crippen molar-refractivity contribution in [1.82, 2.24) is 5.32 Å². The fraction of sp³-hybridized carbons (Fsp3) is 0.316. The number of carbonyl (C=O) groups is 1. The number of carbonyl (C=O) groups excluding carboxylic acids is 1. The molecule has 0 aliphatic carbocycles. The molecule has 0 unspecified atom stereocenters. The van der Waals surface area contributed by atoms with Gasteiger partial charge in [0.25, 0.3) is 5.91 Å². The number of nitro benzene ring substituents is 1. The van der Waals surface area contributed by atoms with Crippen molar-refractivity contribution in [2.45, 2.75) is 33.1 Å². The van der Waals surface area contributed by atoms with Gasteiger partial charge >= 0.3 is 5.69 Å². The van der Waals surface area contributed by atoms with Gasteiger partial charge in [0.1, 0.15) is 0 Å². The number of methoxy groups -OCH3 is 1. The minimum Gasteiger partial charge on any atom is -0.490 e. The Kier molecular flexibility index (Phi) is 6.68. The van der Waals surface area contributed by atoms with Gasteiger partial charge in [-0.2, -0.15) is 0 Å². The van der Waals surface area contributed by atoms with Crippen molar-refractivity contribution in [2.24, 2.45) is 0 Å². The summed E-state index contributed by atoms with van der Waals surface area (Å²) in [4.78, 5) is 22.9. The Morgan fingerprint density at radius 2 is 1.88 bits per heavy atom. The van der Waals surface area contributed by atoms with E-state index in [1.807, 2.05) is 38.1 Å². The maximum absolute atomic E-state index is 12.4. The SMILES string of the molecule is COc1ccc(C(=O)NCc2ccccc2COC(C)C)cc1[N+](=O)[O-]. The van der Waals surface area contributed by atoms with Gasteiger partial charge in [0.05, 0.1) is 24.7 Å². The molecule has 0 aromatic heterocycles. The van der Waals surface area contributed by atoms with E-state index < -0.39 is 10.8 Å². The number of rotatable bonds is 8. The highest BCUT2D eigenvalue weighted by Gasteiger charge is 2.18. The van der Waals surface area contributed by atoms with Crippen LogP contribution in [-0.4, -0.2) is 24.0 Å². The molecule has 0 aliphatic heterocycles. The summed E-state index contributed by atoms with van der Waals surface area (Å²) in [5.74, 6) is -0.280. The summed E-state index contributed by atoms with van der Waals surface area (Å²) in [7, 11) is 1.35. The highest BCUT2D eigenvalue weighted by Crippen LogP contribution is 2.27. The molecule has 0 fully saturated rings. The van der Waals surface area contributed by atoms with Crippen molar-refractivity contribution < 1.29 is 19.2 Å². The zero-order chi connectivity index (χ0) is 19.1. The molecule has 2 rings (SSSR count). The van der Waals surface area contributed by atoms with Crippen molar-refractivity contribution in [3.05, 3.63) is 69.3 Å². The lowest BCUT2D eigenvalue weighted by atomic mass is 10.1. The van der Waals surface area contributed by atoms with Crippen LogP contribution in [0.1, 0.15) is 35.3 Å². The second-order valence-corrected chi connectivity index (χ2v) is 5.95. The fourth-order valence-electron chi connectivity index (χ4n) is 2.38. The van der Waals surface area contributed by atoms with E-state index in [1.165, 1.54) is 25.3 Å². The quantitative estimate of drug-likeness (QED) is 0.576. The number of hydrogen-bond acceptors (Lipinski definition) is 5. The lowest BCUT2D eigenvalue weighted by molar-refractivity contribution is -0.385. The molecule has 1 amide bonds. The monoisotopic (exact) mass is 358 g/mol. The summed E-state index contributed by atoms with van der Waals surface area (Å²) < 4.78 is 10.6. The van der Waals surface area contributed by atoms with E-state index in [-0.39, 0.29) is 23.1 Å². The van der Waals surface area contributed by atoms with Crippen molar-refractivity contribution in [3.63, 3.8) is 0 Å². The summed E-state index contributed by atoms with van der Waals surface area (Å²) >= 11 is 0. The first-order chi connectivity index (χ1) is 12.4. The summed E-state index contributed by atoms with van der Waals surface area (Å²) in [6.07, 6.45) is 0.109. The molecule has 0 aliphatic rings. The molecule has 138 valence electrons. The van der Waals surface area contributed by atoms with Crippen molar-refractivity contribution >= 4 is 11.6 Å². The van der Waals surface area contributed by atoms with E-state index in [2.05, 4.69) is 5.32 Å². The third kappa shape index (κ3) is 5.03. The Bertz CT molecular complexity index is 789. The largest absolute Gasteiger partial charge is 0.490 e. The Balaban J connectivity index is 2.10. The lowest BCUT2D eigenvalue weighted by Gasteiger charge is -2.13. The van der Waals surface area contributed by atoms with Crippen molar-refractivity contribution in [3.8, 4) is 5.75 Å². The highest BCUT2D eigenvalue weighted by atomic mass is 16.6. The number of amides is 1. The van der Waals surface area contributed by atoms with Crippen LogP contribution in [0, 0.1) is 10.1 Å². The van der Waals surface area contributed by atoms with E-state index in [9.17, 15) is 14.9 Å². The Labute approximate surface area is 152 Å². The Morgan fingerprint density at radius 3 is 2.50 bits per heavy atom. The zero-order valence-corrected chi connectivity index (χ0v) is 15.0. The van der Waals surface area contributed by atoms with Gasteiger partial charge in [-0.25, -0.2) is 0 Å². The van der Waals surface area contributed by atoms with Crippen molar-refractivity contribution in [1.29, 1.82) is 0 Å². The second kappa shape index (κ2) is 8.96. The lowest BCUT2D eigenvalue weighted by Crippen LogP contribution is -2.23. The average Bonchev–Trinajstić information content (AvgIpc) is 2.64. The summed E-state index contributed by atoms with van der Waals surface area (Å²) in [6, 6.07) is 11.8. The molecule has 2 aromatic rings. The molecule has 0 radical (unpaired) electrons. The van der Waals surface area contributed by atoms with E-state index in [4.69, 9.17) is 9.47 Å². The van der Waals surface area contributed by atoms with Gasteiger partial charge in [0.15, 0.2) is 5.75 Å². The fourth-order valence-corrected chi connectivity index (χ4v) is 2.38. The zero-order valence-electron chi connectivity index (χ0n) is 15.0. The first kappa shape index (κ1) is 19.4. The van der Waals surface area contributed by atoms with Gasteiger partial charge in [-0.3, -0.25) is 14.9 Å². The number of nitrogens with zero attached hydrogens (tertiary/aromatic N) is 1. The normalized spacial score (nSPS) is 10.6. The van der Waals surface area contributed by atoms with E-state index in [0.717, 1.165) is 11.1 Å². The van der Waals surface area contributed by atoms with Crippen LogP contribution < -0.4 is 10.1 Å². The van der Waals surface area contributed by atoms with Gasteiger partial charge < -0.3 is 14.8 Å². The standard InChI is InChI=1S/C19H22N2O5/c1-13(2)26-12-16-7-5-4-6-15(16)11-20-19(22)14-8-9-18(25-3)17(10-14)21(23)24/h4-10,13H,11-12H2,1-3H3,(H,20,22). The first-order valence-corrected chi connectivity index (χ1v) is 8.21. The van der Waals surface area contributed by atoms with Gasteiger partial charge in [0, 0.05) is 18.2 Å². The highest BCUT2D eigenvalue weighted by molar-refractivity contribution is 5.95. The molecule has 7 nitrogen and oxygen atoms in total. The van der Waals surface area contributed by atoms with Crippen LogP contribution in [-0.2, 0) is 17.9 Å². The maximum Gasteiger partial charge on any atom is 0.311 e. The molecule has 1 N–H and O–H groups in total. The van der Waals surface area contributed by atoms with Crippen LogP contribution in [0.5, 0.6) is 5.75 Å². The van der Waals surface area contributed by atoms with Crippen LogP contribution in [0.3, 0.4) is 0 Å². The maximum atomic E-state index is 12.4. The predicted octanol–water partition coefficient (Wildman–Crippen LogP) is 3.46. The molecule has 0 atom stereocenters. The average molecular weight is 358 g/mol. The third-order valence-corrected chi connectivity index (χ3v) is 3.77. The molecular formula is C19H22N2O5. The van der Waals surface area contributed by atoms with Gasteiger partial charge in [-0.05, 0) is 37.1 Å². The van der Waals surface area contributed by atoms with E-state index in [1.54, 1.807) is 0 Å². The minimum atomic E-state index is -0.575. The molecule has 7 heteroatoms. The topological polar surface area (TPSA) is 90.7 Å². The molecule has 0 saturated heterocycles. The molecule has 26 heavy (non-hydrogen) atoms. The molecule has 0 bridgehead atoms. The van der Waals surface area contributed by atoms with Crippen LogP contribution in [0.25, 0.3) is 0 Å². The third-order valence-electron chi connectivity index (χ3n) is 3.77. The second-order valence-electron chi connectivity index (χ2n) is 5.95. The van der Waals surface area contributed by atoms with Crippen LogP contribution in [0.2, 0.25) is 0 Å². The van der Waals surface area contributed by atoms with Crippen molar-refractivity contribution in [2.75, 3.05) is 7.11 Å². The van der Waals surface area contributed by atoms with E-state index in [0.29, 0.717) is 13.2 Å². The van der Waals surface area contributed by atoms with Gasteiger partial charge in [-0.15, -0.1) is 0 Å². The van der Waals surface area contributed by atoms with Crippen LogP contribution in [0.15, 0.2) is 42.5 Å². The Morgan fingerprint density at radius 1 is 1.19 bits per heavy atom. The summed E-state index contributed by atoms with van der Waals surface area (Å²) in [5.41, 5.74) is 1.88. The minimum absolute atomic E-state index is 0.109. The van der Waals surface area contributed by atoms with Crippen LogP contribution in [0.4, 0.5) is 5.69 Å². The van der Waals surface area contributed by atoms with Gasteiger partial charge in [-0.1, -0.05) is 24.3 Å². The molecule has 0 heterocycles. The number of benzene rings is 2. The summed E-state index contributed by atoms with van der Waals surface area (Å²) in [6.45, 7) is 4.68. The molecule has 2 aromatic carbocycles. The smallest absolute Gasteiger partial charge is 0.311 e. The number of ether oxygens (including phenoxy) is 2. The first-order valence-electron chi connectivity index (χ1n) is 8.21. The van der Waals surface area contributed by atoms with Crippen LogP contribution >= 0.6 is 0 Å². The molecular weight excluding hydrogens is 336 g/mol. The summed E-state index contributed by atoms with van der Waals surface area (Å²) in [5, 5.41) is 13.9. The number of nitro groups is 1. The molecule has 0 spiro atoms. The number of hydrogen-bond donors (Lipinski definition) is 1. The number of nitrogens with one attached hydrogen (secondary N) is 1. The Hall–Kier alpha value is -2.93. The van der Waals surface area contributed by atoms with E-state index >= 15 is 0 Å². The molecule has 0 saturated carbocycles. The predicted molar refractivity (Wildman–Crippen MR) is 97.2 cm³/mol.